The van der Waals surface area contributed by atoms with Gasteiger partial charge in [-0.15, -0.1) is 0 Å². The Hall–Kier alpha value is -1.18. The van der Waals surface area contributed by atoms with Crippen molar-refractivity contribution in [2.45, 2.75) is 57.4 Å². The third-order valence-electron chi connectivity index (χ3n) is 4.81. The summed E-state index contributed by atoms with van der Waals surface area (Å²) in [6, 6.07) is 7.74. The lowest BCUT2D eigenvalue weighted by Gasteiger charge is -2.30. The summed E-state index contributed by atoms with van der Waals surface area (Å²) in [6.07, 6.45) is 10.9. The maximum absolute atomic E-state index is 3.55. The van der Waals surface area contributed by atoms with Gasteiger partial charge in [0, 0.05) is 31.0 Å². The Morgan fingerprint density at radius 2 is 1.84 bits per heavy atom. The maximum Gasteiger partial charge on any atom is 0.0393 e. The fraction of sp³-hybridized carbons (Fsp3) is 0.647. The molecule has 3 rings (SSSR count). The molecule has 1 N–H and O–H groups in total. The molecule has 0 unspecified atom stereocenters. The van der Waals surface area contributed by atoms with Crippen LogP contribution < -0.4 is 10.2 Å². The van der Waals surface area contributed by atoms with E-state index in [4.69, 9.17) is 0 Å². The molecule has 1 fully saturated rings. The van der Waals surface area contributed by atoms with Gasteiger partial charge in [-0.1, -0.05) is 31.7 Å². The highest BCUT2D eigenvalue weighted by Crippen LogP contribution is 2.30. The predicted octanol–water partition coefficient (Wildman–Crippen LogP) is 4.20. The van der Waals surface area contributed by atoms with Gasteiger partial charge >= 0.3 is 0 Å². The van der Waals surface area contributed by atoms with Gasteiger partial charge in [-0.2, -0.15) is 0 Å². The molecule has 1 aliphatic carbocycles. The van der Waals surface area contributed by atoms with Crippen LogP contribution in [0, 0.1) is 0 Å². The molecule has 0 bridgehead atoms. The van der Waals surface area contributed by atoms with Gasteiger partial charge < -0.3 is 10.2 Å². The van der Waals surface area contributed by atoms with Crippen molar-refractivity contribution in [3.63, 3.8) is 0 Å². The highest BCUT2D eigenvalue weighted by atomic mass is 15.1. The summed E-state index contributed by atoms with van der Waals surface area (Å²) in [5, 5.41) is 3.55. The number of nitrogens with one attached hydrogen (secondary N) is 1. The lowest BCUT2D eigenvalue weighted by atomic mass is 10.0. The lowest BCUT2D eigenvalue weighted by molar-refractivity contribution is 0.553. The molecule has 104 valence electrons. The third kappa shape index (κ3) is 2.88. The number of hydrogen-bond donors (Lipinski definition) is 1. The third-order valence-corrected chi connectivity index (χ3v) is 4.81. The van der Waals surface area contributed by atoms with Gasteiger partial charge in [0.05, 0.1) is 0 Å². The molecule has 1 heterocycles. The zero-order valence-corrected chi connectivity index (χ0v) is 12.1. The van der Waals surface area contributed by atoms with E-state index in [1.54, 1.807) is 0 Å². The Morgan fingerprint density at radius 3 is 2.63 bits per heavy atom. The summed E-state index contributed by atoms with van der Waals surface area (Å²) in [5.41, 5.74) is 4.24. The van der Waals surface area contributed by atoms with Crippen LogP contribution in [0.5, 0.6) is 0 Å². The Morgan fingerprint density at radius 1 is 1.05 bits per heavy atom. The smallest absolute Gasteiger partial charge is 0.0393 e. The largest absolute Gasteiger partial charge is 0.385 e. The van der Waals surface area contributed by atoms with Crippen molar-refractivity contribution in [3.05, 3.63) is 23.8 Å². The summed E-state index contributed by atoms with van der Waals surface area (Å²) in [4.78, 5) is 2.52. The minimum absolute atomic E-state index is 0.740. The molecule has 1 aromatic rings. The van der Waals surface area contributed by atoms with Crippen LogP contribution >= 0.6 is 0 Å². The average molecular weight is 258 g/mol. The monoisotopic (exact) mass is 258 g/mol. The molecule has 2 heteroatoms. The summed E-state index contributed by atoms with van der Waals surface area (Å²) in [7, 11) is 2.28. The summed E-state index contributed by atoms with van der Waals surface area (Å²) < 4.78 is 0. The van der Waals surface area contributed by atoms with Crippen LogP contribution in [0.1, 0.15) is 50.5 Å². The van der Waals surface area contributed by atoms with Crippen molar-refractivity contribution in [3.8, 4) is 0 Å². The molecule has 0 aromatic heterocycles. The molecule has 0 amide bonds. The average Bonchev–Trinajstić information content (AvgIpc) is 2.75. The van der Waals surface area contributed by atoms with E-state index in [1.807, 2.05) is 0 Å². The number of rotatable bonds is 2. The van der Waals surface area contributed by atoms with Crippen LogP contribution in [-0.4, -0.2) is 19.6 Å². The zero-order valence-electron chi connectivity index (χ0n) is 12.1. The Labute approximate surface area is 117 Å². The Kier molecular flexibility index (Phi) is 3.95. The molecule has 1 aromatic carbocycles. The number of nitrogens with zero attached hydrogens (tertiary/aromatic N) is 1. The molecule has 19 heavy (non-hydrogen) atoms. The van der Waals surface area contributed by atoms with E-state index >= 15 is 0 Å². The van der Waals surface area contributed by atoms with Gasteiger partial charge in [-0.05, 0) is 43.4 Å². The second-order valence-corrected chi connectivity index (χ2v) is 6.13. The van der Waals surface area contributed by atoms with Gasteiger partial charge in [0.2, 0.25) is 0 Å². The first kappa shape index (κ1) is 12.8. The number of anilines is 2. The minimum Gasteiger partial charge on any atom is -0.385 e. The Balaban J connectivity index is 1.76. The Bertz CT molecular complexity index is 419. The van der Waals surface area contributed by atoms with E-state index in [0.29, 0.717) is 0 Å². The minimum atomic E-state index is 0.740. The topological polar surface area (TPSA) is 15.3 Å². The van der Waals surface area contributed by atoms with E-state index < -0.39 is 0 Å². The molecule has 2 aliphatic rings. The van der Waals surface area contributed by atoms with E-state index in [1.165, 1.54) is 68.3 Å². The molecular formula is C17H26N2. The first-order chi connectivity index (χ1) is 9.34. The number of hydrogen-bond acceptors (Lipinski definition) is 2. The van der Waals surface area contributed by atoms with E-state index in [9.17, 15) is 0 Å². The first-order valence-electron chi connectivity index (χ1n) is 7.94. The molecule has 1 saturated carbocycles. The second-order valence-electron chi connectivity index (χ2n) is 6.13. The second kappa shape index (κ2) is 5.85. The summed E-state index contributed by atoms with van der Waals surface area (Å²) in [5.74, 6) is 0. The van der Waals surface area contributed by atoms with Gasteiger partial charge in [-0.25, -0.2) is 0 Å². The van der Waals surface area contributed by atoms with Crippen molar-refractivity contribution in [2.24, 2.45) is 0 Å². The maximum atomic E-state index is 3.55. The van der Waals surface area contributed by atoms with Gasteiger partial charge in [0.1, 0.15) is 0 Å². The summed E-state index contributed by atoms with van der Waals surface area (Å²) in [6.45, 7) is 1.13. The molecule has 0 radical (unpaired) electrons. The van der Waals surface area contributed by atoms with Crippen LogP contribution in [0.3, 0.4) is 0 Å². The van der Waals surface area contributed by atoms with Crippen molar-refractivity contribution in [1.29, 1.82) is 0 Å². The molecule has 0 saturated heterocycles. The SMILES string of the molecule is CN(c1ccc2c(c1)NCCC2)C1CCCCCC1. The van der Waals surface area contributed by atoms with Crippen LogP contribution in [0.2, 0.25) is 0 Å². The van der Waals surface area contributed by atoms with Crippen molar-refractivity contribution in [1.82, 2.24) is 0 Å². The molecule has 0 atom stereocenters. The first-order valence-corrected chi connectivity index (χ1v) is 7.94. The van der Waals surface area contributed by atoms with Gasteiger partial charge in [-0.3, -0.25) is 0 Å². The highest BCUT2D eigenvalue weighted by molar-refractivity contribution is 5.63. The van der Waals surface area contributed by atoms with Crippen molar-refractivity contribution in [2.75, 3.05) is 23.8 Å². The van der Waals surface area contributed by atoms with E-state index in [0.717, 1.165) is 12.6 Å². The normalized spacial score (nSPS) is 20.3. The van der Waals surface area contributed by atoms with Crippen LogP contribution in [0.15, 0.2) is 18.2 Å². The fourth-order valence-electron chi connectivity index (χ4n) is 3.52. The zero-order chi connectivity index (χ0) is 13.1. The quantitative estimate of drug-likeness (QED) is 0.800. The molecule has 2 nitrogen and oxygen atoms in total. The highest BCUT2D eigenvalue weighted by Gasteiger charge is 2.18. The molecular weight excluding hydrogens is 232 g/mol. The molecule has 1 aliphatic heterocycles. The van der Waals surface area contributed by atoms with Crippen LogP contribution in [-0.2, 0) is 6.42 Å². The van der Waals surface area contributed by atoms with Crippen molar-refractivity contribution < 1.29 is 0 Å². The number of fused-ring (bicyclic) bond motifs is 1. The van der Waals surface area contributed by atoms with E-state index in [2.05, 4.69) is 35.5 Å². The van der Waals surface area contributed by atoms with Gasteiger partial charge in [0.15, 0.2) is 0 Å². The molecule has 0 spiro atoms. The summed E-state index contributed by atoms with van der Waals surface area (Å²) >= 11 is 0. The number of benzene rings is 1. The number of aryl methyl sites for hydroxylation is 1. The fourth-order valence-corrected chi connectivity index (χ4v) is 3.52. The predicted molar refractivity (Wildman–Crippen MR) is 83.1 cm³/mol. The van der Waals surface area contributed by atoms with Crippen LogP contribution in [0.25, 0.3) is 0 Å². The van der Waals surface area contributed by atoms with Crippen molar-refractivity contribution >= 4 is 11.4 Å². The van der Waals surface area contributed by atoms with Gasteiger partial charge in [0.25, 0.3) is 0 Å². The van der Waals surface area contributed by atoms with Crippen LogP contribution in [0.4, 0.5) is 11.4 Å². The standard InChI is InChI=1S/C17H26N2/c1-19(15-8-4-2-3-5-9-15)16-11-10-14-7-6-12-18-17(14)13-16/h10-11,13,15,18H,2-9,12H2,1H3. The lowest BCUT2D eigenvalue weighted by Crippen LogP contribution is -2.31. The van der Waals surface area contributed by atoms with E-state index in [-0.39, 0.29) is 0 Å².